The van der Waals surface area contributed by atoms with Crippen molar-refractivity contribution in [3.05, 3.63) is 58.3 Å². The van der Waals surface area contributed by atoms with Crippen LogP contribution in [0, 0.1) is 6.92 Å². The molecule has 2 aromatic heterocycles. The standard InChI is InChI=1S/C22H27N5OS/c1-17-3-8-21(24-15-17)25-22-27(10-2-9-23)20(16-29-22)18-4-6-19(7-5-18)26-11-13-28-14-12-26/h3-8,15-16H,2,9-14,23H2,1H3. The zero-order chi connectivity index (χ0) is 20.1. The summed E-state index contributed by atoms with van der Waals surface area (Å²) in [6, 6.07) is 12.8. The molecule has 0 spiro atoms. The molecule has 2 N–H and O–H groups in total. The lowest BCUT2D eigenvalue weighted by Crippen LogP contribution is -2.36. The molecule has 3 aromatic rings. The number of anilines is 1. The van der Waals surface area contributed by atoms with Crippen LogP contribution in [0.5, 0.6) is 0 Å². The summed E-state index contributed by atoms with van der Waals surface area (Å²) < 4.78 is 7.71. The average molecular weight is 410 g/mol. The van der Waals surface area contributed by atoms with Gasteiger partial charge in [0.05, 0.1) is 18.9 Å². The van der Waals surface area contributed by atoms with E-state index in [1.807, 2.05) is 25.3 Å². The summed E-state index contributed by atoms with van der Waals surface area (Å²) in [5.41, 5.74) is 10.5. The zero-order valence-electron chi connectivity index (χ0n) is 16.8. The van der Waals surface area contributed by atoms with Gasteiger partial charge in [0.2, 0.25) is 0 Å². The van der Waals surface area contributed by atoms with Crippen molar-refractivity contribution in [3.63, 3.8) is 0 Å². The second-order valence-corrected chi connectivity index (χ2v) is 7.99. The number of benzene rings is 1. The van der Waals surface area contributed by atoms with E-state index >= 15 is 0 Å². The maximum atomic E-state index is 5.79. The Morgan fingerprint density at radius 3 is 2.62 bits per heavy atom. The smallest absolute Gasteiger partial charge is 0.191 e. The van der Waals surface area contributed by atoms with E-state index in [0.717, 1.165) is 55.5 Å². The summed E-state index contributed by atoms with van der Waals surface area (Å²) in [7, 11) is 0. The van der Waals surface area contributed by atoms with Gasteiger partial charge in [-0.25, -0.2) is 9.98 Å². The van der Waals surface area contributed by atoms with E-state index in [4.69, 9.17) is 15.5 Å². The predicted molar refractivity (Wildman–Crippen MR) is 119 cm³/mol. The number of morpholine rings is 1. The van der Waals surface area contributed by atoms with Gasteiger partial charge >= 0.3 is 0 Å². The van der Waals surface area contributed by atoms with Crippen LogP contribution in [0.25, 0.3) is 11.3 Å². The van der Waals surface area contributed by atoms with E-state index < -0.39 is 0 Å². The van der Waals surface area contributed by atoms with Crippen molar-refractivity contribution < 1.29 is 4.74 Å². The summed E-state index contributed by atoms with van der Waals surface area (Å²) in [5, 5.41) is 2.17. The van der Waals surface area contributed by atoms with Gasteiger partial charge in [0.15, 0.2) is 10.6 Å². The van der Waals surface area contributed by atoms with Crippen molar-refractivity contribution in [2.75, 3.05) is 37.7 Å². The molecule has 152 valence electrons. The van der Waals surface area contributed by atoms with Gasteiger partial charge in [0.1, 0.15) is 0 Å². The molecule has 0 amide bonds. The Morgan fingerprint density at radius 2 is 1.93 bits per heavy atom. The molecule has 0 aliphatic carbocycles. The van der Waals surface area contributed by atoms with E-state index in [-0.39, 0.29) is 0 Å². The Morgan fingerprint density at radius 1 is 1.14 bits per heavy atom. The minimum atomic E-state index is 0.653. The number of ether oxygens (including phenoxy) is 1. The van der Waals surface area contributed by atoms with Crippen molar-refractivity contribution in [1.82, 2.24) is 9.55 Å². The maximum Gasteiger partial charge on any atom is 0.191 e. The summed E-state index contributed by atoms with van der Waals surface area (Å²) in [5.74, 6) is 0.730. The number of aryl methyl sites for hydroxylation is 1. The minimum absolute atomic E-state index is 0.653. The molecule has 0 bridgehead atoms. The first kappa shape index (κ1) is 19.8. The molecule has 1 saturated heterocycles. The minimum Gasteiger partial charge on any atom is -0.378 e. The molecule has 7 heteroatoms. The molecule has 1 aliphatic heterocycles. The highest BCUT2D eigenvalue weighted by atomic mass is 32.1. The van der Waals surface area contributed by atoms with Crippen molar-refractivity contribution in [1.29, 1.82) is 0 Å². The molecule has 1 aromatic carbocycles. The lowest BCUT2D eigenvalue weighted by atomic mass is 10.1. The lowest BCUT2D eigenvalue weighted by molar-refractivity contribution is 0.122. The first-order valence-corrected chi connectivity index (χ1v) is 10.9. The van der Waals surface area contributed by atoms with Crippen LogP contribution in [0.1, 0.15) is 12.0 Å². The van der Waals surface area contributed by atoms with E-state index in [1.165, 1.54) is 16.9 Å². The fourth-order valence-electron chi connectivity index (χ4n) is 3.40. The van der Waals surface area contributed by atoms with Gasteiger partial charge in [0, 0.05) is 36.9 Å². The van der Waals surface area contributed by atoms with Gasteiger partial charge in [-0.2, -0.15) is 0 Å². The van der Waals surface area contributed by atoms with Crippen LogP contribution in [0.3, 0.4) is 0 Å². The summed E-state index contributed by atoms with van der Waals surface area (Å²) >= 11 is 1.64. The highest BCUT2D eigenvalue weighted by molar-refractivity contribution is 7.07. The first-order chi connectivity index (χ1) is 14.2. The number of hydrogen-bond acceptors (Lipinski definition) is 6. The van der Waals surface area contributed by atoms with Crippen LogP contribution in [0.4, 0.5) is 11.5 Å². The lowest BCUT2D eigenvalue weighted by Gasteiger charge is -2.28. The second-order valence-electron chi connectivity index (χ2n) is 7.15. The fraction of sp³-hybridized carbons (Fsp3) is 0.364. The Kier molecular flexibility index (Phi) is 6.39. The van der Waals surface area contributed by atoms with Gasteiger partial charge < -0.3 is 19.9 Å². The quantitative estimate of drug-likeness (QED) is 0.678. The van der Waals surface area contributed by atoms with Gasteiger partial charge in [-0.3, -0.25) is 0 Å². The van der Waals surface area contributed by atoms with Gasteiger partial charge in [-0.05, 0) is 49.2 Å². The fourth-order valence-corrected chi connectivity index (χ4v) is 4.35. The molecule has 6 nitrogen and oxygen atoms in total. The number of hydrogen-bond donors (Lipinski definition) is 1. The Hall–Kier alpha value is -2.48. The number of nitrogens with two attached hydrogens (primary N) is 1. The monoisotopic (exact) mass is 409 g/mol. The average Bonchev–Trinajstić information content (AvgIpc) is 3.17. The molecule has 0 radical (unpaired) electrons. The third-order valence-corrected chi connectivity index (χ3v) is 5.89. The number of rotatable bonds is 6. The number of nitrogens with zero attached hydrogens (tertiary/aromatic N) is 4. The maximum absolute atomic E-state index is 5.79. The highest BCUT2D eigenvalue weighted by Crippen LogP contribution is 2.25. The van der Waals surface area contributed by atoms with Crippen LogP contribution in [0.15, 0.2) is 53.0 Å². The topological polar surface area (TPSA) is 68.7 Å². The Labute approximate surface area is 175 Å². The van der Waals surface area contributed by atoms with Crippen LogP contribution in [0.2, 0.25) is 0 Å². The number of thiazole rings is 1. The Bertz CT molecular complexity index is 985. The molecule has 0 unspecified atom stereocenters. The predicted octanol–water partition coefficient (Wildman–Crippen LogP) is 3.34. The molecule has 29 heavy (non-hydrogen) atoms. The third-order valence-electron chi connectivity index (χ3n) is 5.03. The van der Waals surface area contributed by atoms with Crippen LogP contribution < -0.4 is 15.4 Å². The highest BCUT2D eigenvalue weighted by Gasteiger charge is 2.13. The molecule has 0 atom stereocenters. The molecule has 3 heterocycles. The summed E-state index contributed by atoms with van der Waals surface area (Å²) in [6.45, 7) is 7.00. The third kappa shape index (κ3) is 4.75. The number of pyridine rings is 1. The molecular formula is C22H27N5OS. The second kappa shape index (κ2) is 9.35. The SMILES string of the molecule is Cc1ccc(N=c2scc(-c3ccc(N4CCOCC4)cc3)n2CCCN)nc1. The summed E-state index contributed by atoms with van der Waals surface area (Å²) in [4.78, 5) is 12.5. The normalized spacial score (nSPS) is 15.1. The Balaban J connectivity index is 1.66. The molecule has 1 aliphatic rings. The van der Waals surface area contributed by atoms with Crippen LogP contribution >= 0.6 is 11.3 Å². The summed E-state index contributed by atoms with van der Waals surface area (Å²) in [6.07, 6.45) is 2.76. The van der Waals surface area contributed by atoms with Crippen LogP contribution in [-0.4, -0.2) is 42.4 Å². The molecule has 0 saturated carbocycles. The van der Waals surface area contributed by atoms with Gasteiger partial charge in [0.25, 0.3) is 0 Å². The first-order valence-electron chi connectivity index (χ1n) is 10.0. The van der Waals surface area contributed by atoms with Crippen molar-refractivity contribution in [2.45, 2.75) is 19.9 Å². The largest absolute Gasteiger partial charge is 0.378 e. The van der Waals surface area contributed by atoms with Crippen LogP contribution in [-0.2, 0) is 11.3 Å². The zero-order valence-corrected chi connectivity index (χ0v) is 17.6. The van der Waals surface area contributed by atoms with E-state index in [0.29, 0.717) is 6.54 Å². The van der Waals surface area contributed by atoms with E-state index in [1.54, 1.807) is 11.3 Å². The number of aromatic nitrogens is 2. The van der Waals surface area contributed by atoms with Crippen molar-refractivity contribution >= 4 is 22.8 Å². The van der Waals surface area contributed by atoms with Gasteiger partial charge in [-0.1, -0.05) is 18.2 Å². The molecule has 4 rings (SSSR count). The molecular weight excluding hydrogens is 382 g/mol. The van der Waals surface area contributed by atoms with Crippen molar-refractivity contribution in [3.8, 4) is 11.3 Å². The van der Waals surface area contributed by atoms with E-state index in [9.17, 15) is 0 Å². The van der Waals surface area contributed by atoms with Gasteiger partial charge in [-0.15, -0.1) is 11.3 Å². The molecule has 1 fully saturated rings. The van der Waals surface area contributed by atoms with E-state index in [2.05, 4.69) is 44.1 Å². The van der Waals surface area contributed by atoms with Crippen molar-refractivity contribution in [2.24, 2.45) is 10.7 Å².